The molecule has 2 N–H and O–H groups in total. The van der Waals surface area contributed by atoms with Crippen LogP contribution in [-0.2, 0) is 21.3 Å². The summed E-state index contributed by atoms with van der Waals surface area (Å²) in [6, 6.07) is 1.60. The highest BCUT2D eigenvalue weighted by Gasteiger charge is 2.23. The SMILES string of the molecule is CCOCCN(C)S(=O)(=O)c1ccsc1CN. The molecule has 0 spiro atoms. The van der Waals surface area contributed by atoms with Crippen LogP contribution in [0.1, 0.15) is 11.8 Å². The van der Waals surface area contributed by atoms with Crippen LogP contribution in [0.5, 0.6) is 0 Å². The van der Waals surface area contributed by atoms with E-state index in [9.17, 15) is 8.42 Å². The normalized spacial score (nSPS) is 12.2. The molecule has 0 aliphatic rings. The Morgan fingerprint density at radius 2 is 2.24 bits per heavy atom. The third kappa shape index (κ3) is 3.49. The summed E-state index contributed by atoms with van der Waals surface area (Å²) in [7, 11) is -1.89. The van der Waals surface area contributed by atoms with Crippen molar-refractivity contribution in [1.29, 1.82) is 0 Å². The van der Waals surface area contributed by atoms with Crippen LogP contribution in [0.4, 0.5) is 0 Å². The number of hydrogen-bond donors (Lipinski definition) is 1. The van der Waals surface area contributed by atoms with Crippen molar-refractivity contribution in [2.75, 3.05) is 26.8 Å². The van der Waals surface area contributed by atoms with Crippen molar-refractivity contribution < 1.29 is 13.2 Å². The summed E-state index contributed by atoms with van der Waals surface area (Å²) in [4.78, 5) is 0.997. The molecule has 1 aromatic heterocycles. The quantitative estimate of drug-likeness (QED) is 0.751. The number of nitrogens with zero attached hydrogens (tertiary/aromatic N) is 1. The van der Waals surface area contributed by atoms with Gasteiger partial charge < -0.3 is 10.5 Å². The Balaban J connectivity index is 2.80. The number of ether oxygens (including phenoxy) is 1. The van der Waals surface area contributed by atoms with Crippen molar-refractivity contribution in [1.82, 2.24) is 4.31 Å². The van der Waals surface area contributed by atoms with Gasteiger partial charge in [-0.15, -0.1) is 11.3 Å². The number of sulfonamides is 1. The van der Waals surface area contributed by atoms with E-state index in [1.807, 2.05) is 6.92 Å². The molecule has 0 amide bonds. The van der Waals surface area contributed by atoms with Crippen molar-refractivity contribution in [3.63, 3.8) is 0 Å². The van der Waals surface area contributed by atoms with Crippen LogP contribution in [0.15, 0.2) is 16.3 Å². The fraction of sp³-hybridized carbons (Fsp3) is 0.600. The summed E-state index contributed by atoms with van der Waals surface area (Å²) < 4.78 is 30.8. The lowest BCUT2D eigenvalue weighted by atomic mass is 10.5. The second-order valence-electron chi connectivity index (χ2n) is 3.44. The number of rotatable bonds is 7. The van der Waals surface area contributed by atoms with Gasteiger partial charge >= 0.3 is 0 Å². The van der Waals surface area contributed by atoms with Crippen LogP contribution in [0.3, 0.4) is 0 Å². The number of nitrogens with two attached hydrogens (primary N) is 1. The van der Waals surface area contributed by atoms with E-state index in [2.05, 4.69) is 0 Å². The summed E-state index contributed by atoms with van der Waals surface area (Å²) in [6.45, 7) is 3.44. The molecule has 0 unspecified atom stereocenters. The third-order valence-corrected chi connectivity index (χ3v) is 5.35. The molecule has 0 aliphatic carbocycles. The van der Waals surface area contributed by atoms with Gasteiger partial charge in [-0.3, -0.25) is 0 Å². The number of hydrogen-bond acceptors (Lipinski definition) is 5. The highest BCUT2D eigenvalue weighted by atomic mass is 32.2. The first kappa shape index (κ1) is 14.6. The molecular formula is C10H18N2O3S2. The molecule has 1 aromatic rings. The predicted molar refractivity (Wildman–Crippen MR) is 68.5 cm³/mol. The van der Waals surface area contributed by atoms with Crippen molar-refractivity contribution >= 4 is 21.4 Å². The average molecular weight is 278 g/mol. The van der Waals surface area contributed by atoms with Crippen LogP contribution in [0.25, 0.3) is 0 Å². The molecule has 0 atom stereocenters. The molecule has 0 saturated carbocycles. The summed E-state index contributed by atoms with van der Waals surface area (Å²) in [6.07, 6.45) is 0. The molecule has 98 valence electrons. The third-order valence-electron chi connectivity index (χ3n) is 2.33. The van der Waals surface area contributed by atoms with E-state index in [0.29, 0.717) is 29.5 Å². The van der Waals surface area contributed by atoms with Crippen molar-refractivity contribution in [2.24, 2.45) is 5.73 Å². The zero-order chi connectivity index (χ0) is 12.9. The van der Waals surface area contributed by atoms with E-state index < -0.39 is 10.0 Å². The van der Waals surface area contributed by atoms with E-state index in [0.717, 1.165) is 0 Å². The molecule has 5 nitrogen and oxygen atoms in total. The van der Waals surface area contributed by atoms with Crippen LogP contribution in [0, 0.1) is 0 Å². The predicted octanol–water partition coefficient (Wildman–Crippen LogP) is 0.864. The lowest BCUT2D eigenvalue weighted by Crippen LogP contribution is -2.30. The molecule has 0 bridgehead atoms. The number of likely N-dealkylation sites (N-methyl/N-ethyl adjacent to an activating group) is 1. The van der Waals surface area contributed by atoms with Gasteiger partial charge in [-0.25, -0.2) is 8.42 Å². The van der Waals surface area contributed by atoms with Gasteiger partial charge in [0.2, 0.25) is 10.0 Å². The fourth-order valence-electron chi connectivity index (χ4n) is 1.33. The first-order valence-electron chi connectivity index (χ1n) is 5.34. The molecule has 1 rings (SSSR count). The van der Waals surface area contributed by atoms with Crippen LogP contribution in [-0.4, -0.2) is 39.5 Å². The van der Waals surface area contributed by atoms with Crippen molar-refractivity contribution in [3.05, 3.63) is 16.3 Å². The standard InChI is InChI=1S/C10H18N2O3S2/c1-3-15-6-5-12(2)17(13,14)10-4-7-16-9(10)8-11/h4,7H,3,5-6,8,11H2,1-2H3. The molecule has 17 heavy (non-hydrogen) atoms. The summed E-state index contributed by atoms with van der Waals surface area (Å²) in [5.41, 5.74) is 5.52. The minimum atomic E-state index is -3.44. The Labute approximate surface area is 106 Å². The Morgan fingerprint density at radius 3 is 2.82 bits per heavy atom. The Morgan fingerprint density at radius 1 is 1.53 bits per heavy atom. The second-order valence-corrected chi connectivity index (χ2v) is 6.45. The molecule has 0 fully saturated rings. The molecule has 0 saturated heterocycles. The van der Waals surface area contributed by atoms with Gasteiger partial charge in [0.25, 0.3) is 0 Å². The van der Waals surface area contributed by atoms with E-state index in [4.69, 9.17) is 10.5 Å². The Kier molecular flexibility index (Phi) is 5.54. The molecule has 0 aliphatic heterocycles. The van der Waals surface area contributed by atoms with Gasteiger partial charge in [0.15, 0.2) is 0 Å². The molecule has 0 aromatic carbocycles. The van der Waals surface area contributed by atoms with Crippen LogP contribution < -0.4 is 5.73 Å². The topological polar surface area (TPSA) is 72.6 Å². The average Bonchev–Trinajstić information content (AvgIpc) is 2.77. The zero-order valence-electron chi connectivity index (χ0n) is 10.0. The highest BCUT2D eigenvalue weighted by Crippen LogP contribution is 2.23. The maximum absolute atomic E-state index is 12.2. The van der Waals surface area contributed by atoms with Crippen molar-refractivity contribution in [2.45, 2.75) is 18.4 Å². The fourth-order valence-corrected chi connectivity index (χ4v) is 3.79. The van der Waals surface area contributed by atoms with Gasteiger partial charge in [-0.1, -0.05) is 0 Å². The molecular weight excluding hydrogens is 260 g/mol. The smallest absolute Gasteiger partial charge is 0.244 e. The monoisotopic (exact) mass is 278 g/mol. The lowest BCUT2D eigenvalue weighted by molar-refractivity contribution is 0.138. The molecule has 1 heterocycles. The van der Waals surface area contributed by atoms with Crippen LogP contribution >= 0.6 is 11.3 Å². The lowest BCUT2D eigenvalue weighted by Gasteiger charge is -2.17. The van der Waals surface area contributed by atoms with E-state index in [-0.39, 0.29) is 6.54 Å². The van der Waals surface area contributed by atoms with E-state index in [1.54, 1.807) is 18.5 Å². The Bertz CT molecular complexity index is 442. The first-order valence-corrected chi connectivity index (χ1v) is 7.66. The van der Waals surface area contributed by atoms with Gasteiger partial charge in [0.1, 0.15) is 0 Å². The molecule has 0 radical (unpaired) electrons. The van der Waals surface area contributed by atoms with E-state index in [1.165, 1.54) is 15.6 Å². The first-order chi connectivity index (χ1) is 8.04. The summed E-state index contributed by atoms with van der Waals surface area (Å²) in [5, 5.41) is 1.74. The minimum Gasteiger partial charge on any atom is -0.380 e. The molecule has 7 heteroatoms. The zero-order valence-corrected chi connectivity index (χ0v) is 11.7. The van der Waals surface area contributed by atoms with Gasteiger partial charge in [0.05, 0.1) is 11.5 Å². The second kappa shape index (κ2) is 6.46. The Hall–Kier alpha value is -0.470. The van der Waals surface area contributed by atoms with Gasteiger partial charge in [-0.2, -0.15) is 4.31 Å². The van der Waals surface area contributed by atoms with Gasteiger partial charge in [-0.05, 0) is 18.4 Å². The maximum Gasteiger partial charge on any atom is 0.244 e. The van der Waals surface area contributed by atoms with Gasteiger partial charge in [0, 0.05) is 31.6 Å². The summed E-state index contributed by atoms with van der Waals surface area (Å²) in [5.74, 6) is 0. The number of thiophene rings is 1. The minimum absolute atomic E-state index is 0.242. The van der Waals surface area contributed by atoms with Crippen LogP contribution in [0.2, 0.25) is 0 Å². The van der Waals surface area contributed by atoms with E-state index >= 15 is 0 Å². The largest absolute Gasteiger partial charge is 0.380 e. The maximum atomic E-state index is 12.2. The summed E-state index contributed by atoms with van der Waals surface area (Å²) >= 11 is 1.36. The van der Waals surface area contributed by atoms with Crippen molar-refractivity contribution in [3.8, 4) is 0 Å². The highest BCUT2D eigenvalue weighted by molar-refractivity contribution is 7.89.